The van der Waals surface area contributed by atoms with Crippen molar-refractivity contribution >= 4 is 26.9 Å². The molecule has 0 aliphatic heterocycles. The topological polar surface area (TPSA) is 0 Å². The summed E-state index contributed by atoms with van der Waals surface area (Å²) in [6.07, 6.45) is 24.4. The van der Waals surface area contributed by atoms with Gasteiger partial charge in [-0.15, -0.1) is 0 Å². The molecule has 0 amide bonds. The second-order valence-electron chi connectivity index (χ2n) is 5.23. The van der Waals surface area contributed by atoms with Crippen molar-refractivity contribution in [3.05, 3.63) is 70.3 Å². The Labute approximate surface area is 129 Å². The molecule has 0 unspecified atom stereocenters. The van der Waals surface area contributed by atoms with Gasteiger partial charge in [-0.2, -0.15) is 0 Å². The average Bonchev–Trinajstić information content (AvgIpc) is 3.16. The summed E-state index contributed by atoms with van der Waals surface area (Å²) >= 11 is 0. The summed E-state index contributed by atoms with van der Waals surface area (Å²) in [6.45, 7) is 2.39. The van der Waals surface area contributed by atoms with Crippen LogP contribution in [0.1, 0.15) is 26.2 Å². The van der Waals surface area contributed by atoms with Crippen LogP contribution in [-0.2, 0) is 0 Å². The van der Waals surface area contributed by atoms with Crippen LogP contribution in [0, 0.1) is 0 Å². The summed E-state index contributed by atoms with van der Waals surface area (Å²) in [7, 11) is -1.57. The van der Waals surface area contributed by atoms with Gasteiger partial charge < -0.3 is 0 Å². The zero-order chi connectivity index (χ0) is 12.4. The molecule has 0 saturated heterocycles. The Morgan fingerprint density at radius 1 is 0.789 bits per heavy atom. The zero-order valence-corrected chi connectivity index (χ0v) is 12.0. The summed E-state index contributed by atoms with van der Waals surface area (Å²) in [5, 5.41) is 5.15. The average molecular weight is 260 g/mol. The van der Waals surface area contributed by atoms with Crippen molar-refractivity contribution in [3.8, 4) is 0 Å². The molecular weight excluding hydrogens is 239 g/mol. The second-order valence-corrected chi connectivity index (χ2v) is 9.68. The van der Waals surface area contributed by atoms with Gasteiger partial charge in [-0.05, 0) is 25.3 Å². The first-order valence-corrected chi connectivity index (χ1v) is 9.17. The molecule has 19 heavy (non-hydrogen) atoms. The molecule has 0 nitrogen and oxygen atoms in total. The van der Waals surface area contributed by atoms with Crippen LogP contribution in [0.4, 0.5) is 0 Å². The van der Waals surface area contributed by atoms with Gasteiger partial charge in [-0.3, -0.25) is 0 Å². The van der Waals surface area contributed by atoms with E-state index < -0.39 is 8.07 Å². The summed E-state index contributed by atoms with van der Waals surface area (Å²) in [5.74, 6) is 0. The molecule has 0 heterocycles. The second kappa shape index (κ2) is 6.14. The predicted octanol–water partition coefficient (Wildman–Crippen LogP) is 4.08. The first-order chi connectivity index (χ1) is 8.88. The Bertz CT molecular complexity index is 455. The van der Waals surface area contributed by atoms with Gasteiger partial charge in [-0.1, -0.05) is 77.2 Å². The van der Waals surface area contributed by atoms with Crippen LogP contribution in [0.5, 0.6) is 0 Å². The van der Waals surface area contributed by atoms with Crippen molar-refractivity contribution in [2.75, 3.05) is 0 Å². The molecule has 0 bridgehead atoms. The quantitative estimate of drug-likeness (QED) is 0.668. The molecule has 3 rings (SSSR count). The fourth-order valence-electron chi connectivity index (χ4n) is 3.59. The van der Waals surface area contributed by atoms with Crippen LogP contribution in [0.3, 0.4) is 0 Å². The molecule has 94 valence electrons. The number of allylic oxidation sites excluding steroid dienone is 12. The Morgan fingerprint density at radius 2 is 1.16 bits per heavy atom. The van der Waals surface area contributed by atoms with Gasteiger partial charge >= 0.3 is 18.9 Å². The van der Waals surface area contributed by atoms with E-state index >= 15 is 0 Å². The Balaban J connectivity index is 0.00000133. The molecule has 0 aromatic carbocycles. The number of hydrogen-bond acceptors (Lipinski definition) is 0. The molecule has 0 aromatic heterocycles. The third-order valence-electron chi connectivity index (χ3n) is 4.49. The molecule has 0 aromatic rings. The van der Waals surface area contributed by atoms with Gasteiger partial charge in [0.05, 0.1) is 0 Å². The first kappa shape index (κ1) is 14.7. The van der Waals surface area contributed by atoms with Crippen LogP contribution < -0.4 is 0 Å². The van der Waals surface area contributed by atoms with Crippen LogP contribution in [0.2, 0.25) is 6.04 Å². The maximum absolute atomic E-state index is 2.40. The normalized spacial score (nSPS) is 20.4. The zero-order valence-electron chi connectivity index (χ0n) is 11.0. The molecule has 0 atom stereocenters. The van der Waals surface area contributed by atoms with Gasteiger partial charge in [0, 0.05) is 0 Å². The SMILES string of the molecule is CC[Si](C1=CC=CC1)(C1=CC=CC1)C1=CC=CC1.[LiH]. The minimum atomic E-state index is -1.57. The van der Waals surface area contributed by atoms with Crippen molar-refractivity contribution < 1.29 is 0 Å². The van der Waals surface area contributed by atoms with E-state index in [1.807, 2.05) is 0 Å². The number of hydrogen-bond donors (Lipinski definition) is 0. The van der Waals surface area contributed by atoms with E-state index in [-0.39, 0.29) is 18.9 Å². The fourth-order valence-corrected chi connectivity index (χ4v) is 8.73. The molecule has 0 N–H and O–H groups in total. The van der Waals surface area contributed by atoms with Crippen LogP contribution in [0.25, 0.3) is 0 Å². The van der Waals surface area contributed by atoms with Crippen molar-refractivity contribution in [1.29, 1.82) is 0 Å². The molecule has 2 heteroatoms. The summed E-state index contributed by atoms with van der Waals surface area (Å²) in [6, 6.07) is 1.31. The Hall–Kier alpha value is -0.746. The third-order valence-corrected chi connectivity index (χ3v) is 9.95. The first-order valence-electron chi connectivity index (χ1n) is 6.96. The monoisotopic (exact) mass is 260 g/mol. The van der Waals surface area contributed by atoms with E-state index in [1.165, 1.54) is 25.3 Å². The van der Waals surface area contributed by atoms with E-state index in [4.69, 9.17) is 0 Å². The van der Waals surface area contributed by atoms with E-state index in [9.17, 15) is 0 Å². The van der Waals surface area contributed by atoms with Gasteiger partial charge in [0.15, 0.2) is 0 Å². The van der Waals surface area contributed by atoms with E-state index in [0.717, 1.165) is 0 Å². The third kappa shape index (κ3) is 2.36. The summed E-state index contributed by atoms with van der Waals surface area (Å²) in [5.41, 5.74) is 0. The molecule has 0 radical (unpaired) electrons. The summed E-state index contributed by atoms with van der Waals surface area (Å²) in [4.78, 5) is 0. The van der Waals surface area contributed by atoms with Gasteiger partial charge in [-0.25, -0.2) is 0 Å². The predicted molar refractivity (Wildman–Crippen MR) is 88.9 cm³/mol. The molecule has 0 fully saturated rings. The molecular formula is C17H21LiSi. The van der Waals surface area contributed by atoms with Crippen molar-refractivity contribution in [3.63, 3.8) is 0 Å². The maximum atomic E-state index is 2.40. The van der Waals surface area contributed by atoms with Crippen molar-refractivity contribution in [2.24, 2.45) is 0 Å². The van der Waals surface area contributed by atoms with E-state index in [1.54, 1.807) is 15.6 Å². The summed E-state index contributed by atoms with van der Waals surface area (Å²) < 4.78 is 0. The van der Waals surface area contributed by atoms with Gasteiger partial charge in [0.25, 0.3) is 0 Å². The van der Waals surface area contributed by atoms with Gasteiger partial charge in [0.2, 0.25) is 0 Å². The molecule has 3 aliphatic rings. The number of rotatable bonds is 4. The fraction of sp³-hybridized carbons (Fsp3) is 0.294. The van der Waals surface area contributed by atoms with E-state index in [2.05, 4.69) is 61.6 Å². The Morgan fingerprint density at radius 3 is 1.37 bits per heavy atom. The minimum absolute atomic E-state index is 0. The van der Waals surface area contributed by atoms with Crippen LogP contribution in [0.15, 0.2) is 70.3 Å². The standard InChI is InChI=1S/C17H20Si.Li.H/c1-2-18(15-9-3-4-10-15,16-11-5-6-12-16)17-13-7-8-14-17;;/h3-9,11,13H,2,10,12,14H2,1H3;;. The van der Waals surface area contributed by atoms with Gasteiger partial charge in [0.1, 0.15) is 8.07 Å². The van der Waals surface area contributed by atoms with Crippen LogP contribution in [-0.4, -0.2) is 26.9 Å². The van der Waals surface area contributed by atoms with Crippen molar-refractivity contribution in [2.45, 2.75) is 32.2 Å². The molecule has 0 spiro atoms. The van der Waals surface area contributed by atoms with Crippen molar-refractivity contribution in [1.82, 2.24) is 0 Å². The van der Waals surface area contributed by atoms with Crippen LogP contribution >= 0.6 is 0 Å². The van der Waals surface area contributed by atoms with E-state index in [0.29, 0.717) is 0 Å². The molecule has 3 aliphatic carbocycles. The molecule has 0 saturated carbocycles. The Kier molecular flexibility index (Phi) is 4.73.